The maximum absolute atomic E-state index is 10.2. The summed E-state index contributed by atoms with van der Waals surface area (Å²) in [6.07, 6.45) is -0.502. The molecule has 0 radical (unpaired) electrons. The van der Waals surface area contributed by atoms with Crippen molar-refractivity contribution in [2.24, 2.45) is 7.05 Å². The summed E-state index contributed by atoms with van der Waals surface area (Å²) in [6.45, 7) is 2.53. The molecule has 0 saturated carbocycles. The van der Waals surface area contributed by atoms with Gasteiger partial charge in [-0.2, -0.15) is 11.3 Å². The van der Waals surface area contributed by atoms with Crippen LogP contribution in [0.25, 0.3) is 11.0 Å². The Kier molecular flexibility index (Phi) is 4.49. The molecule has 0 aliphatic carbocycles. The first kappa shape index (κ1) is 15.5. The van der Waals surface area contributed by atoms with Crippen LogP contribution in [0.15, 0.2) is 35.0 Å². The zero-order chi connectivity index (χ0) is 15.7. The zero-order valence-electron chi connectivity index (χ0n) is 12.5. The van der Waals surface area contributed by atoms with Crippen molar-refractivity contribution < 1.29 is 5.11 Å². The van der Waals surface area contributed by atoms with Crippen molar-refractivity contribution in [2.75, 3.05) is 6.54 Å². The second-order valence-electron chi connectivity index (χ2n) is 5.36. The van der Waals surface area contributed by atoms with Gasteiger partial charge in [-0.15, -0.1) is 0 Å². The molecule has 1 aromatic carbocycles. The number of rotatable bonds is 5. The molecule has 0 aliphatic rings. The molecule has 2 aromatic heterocycles. The summed E-state index contributed by atoms with van der Waals surface area (Å²) in [7, 11) is 1.99. The molecule has 0 bridgehead atoms. The number of thiophene rings is 1. The minimum atomic E-state index is -0.502. The molecule has 0 fully saturated rings. The quantitative estimate of drug-likeness (QED) is 0.748. The van der Waals surface area contributed by atoms with Crippen LogP contribution < -0.4 is 5.32 Å². The maximum atomic E-state index is 10.2. The van der Waals surface area contributed by atoms with Gasteiger partial charge in [-0.1, -0.05) is 11.6 Å². The number of fused-ring (bicyclic) bond motifs is 1. The van der Waals surface area contributed by atoms with Gasteiger partial charge in [0.2, 0.25) is 0 Å². The van der Waals surface area contributed by atoms with Crippen molar-refractivity contribution in [2.45, 2.75) is 19.1 Å². The van der Waals surface area contributed by atoms with E-state index in [0.717, 1.165) is 22.4 Å². The molecule has 2 atom stereocenters. The van der Waals surface area contributed by atoms with E-state index in [2.05, 4.69) is 14.9 Å². The highest BCUT2D eigenvalue weighted by Gasteiger charge is 2.16. The molecule has 2 unspecified atom stereocenters. The third-order valence-corrected chi connectivity index (χ3v) is 4.75. The number of aryl methyl sites for hydroxylation is 1. The monoisotopic (exact) mass is 335 g/mol. The van der Waals surface area contributed by atoms with E-state index in [1.165, 1.54) is 0 Å². The molecule has 0 amide bonds. The fourth-order valence-electron chi connectivity index (χ4n) is 2.54. The fraction of sp³-hybridized carbons (Fsp3) is 0.312. The smallest absolute Gasteiger partial charge is 0.126 e. The summed E-state index contributed by atoms with van der Waals surface area (Å²) in [4.78, 5) is 4.65. The molecule has 0 spiro atoms. The van der Waals surface area contributed by atoms with Crippen LogP contribution in [0.2, 0.25) is 5.02 Å². The van der Waals surface area contributed by atoms with Crippen LogP contribution in [-0.2, 0) is 7.05 Å². The van der Waals surface area contributed by atoms with Gasteiger partial charge in [0.05, 0.1) is 23.2 Å². The summed E-state index contributed by atoms with van der Waals surface area (Å²) in [5.74, 6) is 0.926. The standard InChI is InChI=1S/C16H18ClN3OS/c1-10(18-8-15(21)11-5-6-22-9-11)16-19-13-7-12(17)3-4-14(13)20(16)2/h3-7,9-10,15,18,21H,8H2,1-2H3. The Balaban J connectivity index is 1.74. The predicted molar refractivity (Wildman–Crippen MR) is 91.4 cm³/mol. The van der Waals surface area contributed by atoms with E-state index >= 15 is 0 Å². The number of halogens is 1. The Morgan fingerprint density at radius 2 is 2.23 bits per heavy atom. The van der Waals surface area contributed by atoms with Crippen LogP contribution in [0.4, 0.5) is 0 Å². The molecular weight excluding hydrogens is 318 g/mol. The predicted octanol–water partition coefficient (Wildman–Crippen LogP) is 3.67. The van der Waals surface area contributed by atoms with Crippen molar-refractivity contribution in [1.29, 1.82) is 0 Å². The Morgan fingerprint density at radius 1 is 1.41 bits per heavy atom. The van der Waals surface area contributed by atoms with Gasteiger partial charge in [-0.3, -0.25) is 0 Å². The second-order valence-corrected chi connectivity index (χ2v) is 6.58. The number of hydrogen-bond donors (Lipinski definition) is 2. The van der Waals surface area contributed by atoms with E-state index in [0.29, 0.717) is 11.6 Å². The Labute approximate surface area is 138 Å². The van der Waals surface area contributed by atoms with Gasteiger partial charge in [0.25, 0.3) is 0 Å². The number of nitrogens with zero attached hydrogens (tertiary/aromatic N) is 2. The average Bonchev–Trinajstić information content (AvgIpc) is 3.13. The maximum Gasteiger partial charge on any atom is 0.126 e. The Bertz CT molecular complexity index is 769. The van der Waals surface area contributed by atoms with Crippen LogP contribution in [0.3, 0.4) is 0 Å². The molecule has 0 saturated heterocycles. The van der Waals surface area contributed by atoms with E-state index in [1.807, 2.05) is 49.0 Å². The number of aromatic nitrogens is 2. The number of aliphatic hydroxyl groups excluding tert-OH is 1. The summed E-state index contributed by atoms with van der Waals surface area (Å²) < 4.78 is 2.06. The van der Waals surface area contributed by atoms with Gasteiger partial charge >= 0.3 is 0 Å². The summed E-state index contributed by atoms with van der Waals surface area (Å²) in [5, 5.41) is 18.1. The molecule has 3 rings (SSSR count). The molecule has 22 heavy (non-hydrogen) atoms. The van der Waals surface area contributed by atoms with E-state index in [4.69, 9.17) is 11.6 Å². The first-order valence-corrected chi connectivity index (χ1v) is 8.43. The van der Waals surface area contributed by atoms with Crippen LogP contribution >= 0.6 is 22.9 Å². The van der Waals surface area contributed by atoms with Gasteiger partial charge in [0.1, 0.15) is 5.82 Å². The number of nitrogens with one attached hydrogen (secondary N) is 1. The first-order valence-electron chi connectivity index (χ1n) is 7.11. The topological polar surface area (TPSA) is 50.1 Å². The highest BCUT2D eigenvalue weighted by molar-refractivity contribution is 7.07. The molecule has 0 aliphatic heterocycles. The zero-order valence-corrected chi connectivity index (χ0v) is 14.0. The van der Waals surface area contributed by atoms with Crippen molar-refractivity contribution >= 4 is 34.0 Å². The summed E-state index contributed by atoms with van der Waals surface area (Å²) in [5.41, 5.74) is 2.88. The lowest BCUT2D eigenvalue weighted by molar-refractivity contribution is 0.170. The van der Waals surface area contributed by atoms with E-state index in [1.54, 1.807) is 11.3 Å². The van der Waals surface area contributed by atoms with Gasteiger partial charge < -0.3 is 15.0 Å². The molecular formula is C16H18ClN3OS. The van der Waals surface area contributed by atoms with Crippen molar-refractivity contribution in [3.05, 3.63) is 51.4 Å². The third kappa shape index (κ3) is 3.03. The largest absolute Gasteiger partial charge is 0.387 e. The number of imidazole rings is 1. The minimum Gasteiger partial charge on any atom is -0.387 e. The average molecular weight is 336 g/mol. The number of benzene rings is 1. The van der Waals surface area contributed by atoms with Gasteiger partial charge in [-0.25, -0.2) is 4.98 Å². The van der Waals surface area contributed by atoms with E-state index < -0.39 is 6.10 Å². The van der Waals surface area contributed by atoms with E-state index in [-0.39, 0.29) is 6.04 Å². The van der Waals surface area contributed by atoms with E-state index in [9.17, 15) is 5.11 Å². The van der Waals surface area contributed by atoms with Crippen LogP contribution in [0.5, 0.6) is 0 Å². The van der Waals surface area contributed by atoms with Gasteiger partial charge in [0, 0.05) is 18.6 Å². The molecule has 6 heteroatoms. The lowest BCUT2D eigenvalue weighted by Crippen LogP contribution is -2.26. The number of aliphatic hydroxyl groups is 1. The fourth-order valence-corrected chi connectivity index (χ4v) is 3.41. The normalized spacial score (nSPS) is 14.4. The highest BCUT2D eigenvalue weighted by Crippen LogP contribution is 2.23. The van der Waals surface area contributed by atoms with Crippen LogP contribution in [0, 0.1) is 0 Å². The molecule has 2 heterocycles. The lowest BCUT2D eigenvalue weighted by Gasteiger charge is -2.16. The van der Waals surface area contributed by atoms with Crippen LogP contribution in [0.1, 0.15) is 30.5 Å². The van der Waals surface area contributed by atoms with Gasteiger partial charge in [0.15, 0.2) is 0 Å². The van der Waals surface area contributed by atoms with Crippen molar-refractivity contribution in [3.63, 3.8) is 0 Å². The van der Waals surface area contributed by atoms with Gasteiger partial charge in [-0.05, 0) is 47.5 Å². The van der Waals surface area contributed by atoms with Crippen LogP contribution in [-0.4, -0.2) is 21.2 Å². The van der Waals surface area contributed by atoms with Crippen molar-refractivity contribution in [3.8, 4) is 0 Å². The minimum absolute atomic E-state index is 0.0319. The second kappa shape index (κ2) is 6.38. The first-order chi connectivity index (χ1) is 10.6. The SMILES string of the molecule is CC(NCC(O)c1ccsc1)c1nc2cc(Cl)ccc2n1C. The molecule has 116 valence electrons. The number of hydrogen-bond acceptors (Lipinski definition) is 4. The third-order valence-electron chi connectivity index (χ3n) is 3.81. The van der Waals surface area contributed by atoms with Crippen molar-refractivity contribution in [1.82, 2.24) is 14.9 Å². The summed E-state index contributed by atoms with van der Waals surface area (Å²) >= 11 is 7.61. The molecule has 3 aromatic rings. The Hall–Kier alpha value is -1.40. The highest BCUT2D eigenvalue weighted by atomic mass is 35.5. The molecule has 4 nitrogen and oxygen atoms in total. The Morgan fingerprint density at radius 3 is 2.95 bits per heavy atom. The summed E-state index contributed by atoms with van der Waals surface area (Å²) in [6, 6.07) is 7.69. The molecule has 2 N–H and O–H groups in total. The lowest BCUT2D eigenvalue weighted by atomic mass is 10.2.